The molecule has 222 valence electrons. The van der Waals surface area contributed by atoms with E-state index < -0.39 is 5.76 Å². The summed E-state index contributed by atoms with van der Waals surface area (Å²) in [7, 11) is 0. The van der Waals surface area contributed by atoms with Crippen LogP contribution in [0.5, 0.6) is 17.2 Å². The van der Waals surface area contributed by atoms with Gasteiger partial charge in [0.15, 0.2) is 17.3 Å². The van der Waals surface area contributed by atoms with Crippen molar-refractivity contribution in [3.05, 3.63) is 110 Å². The number of para-hydroxylation sites is 1. The van der Waals surface area contributed by atoms with Crippen LogP contribution in [0.25, 0.3) is 22.5 Å². The van der Waals surface area contributed by atoms with Gasteiger partial charge < -0.3 is 9.47 Å². The van der Waals surface area contributed by atoms with Crippen LogP contribution in [-0.4, -0.2) is 76.7 Å². The summed E-state index contributed by atoms with van der Waals surface area (Å²) in [6.45, 7) is 8.49. The van der Waals surface area contributed by atoms with Crippen LogP contribution in [0.2, 0.25) is 0 Å². The number of aryl methyl sites for hydroxylation is 2. The van der Waals surface area contributed by atoms with Gasteiger partial charge in [0.05, 0.1) is 12.2 Å². The molecule has 5 aromatic rings. The summed E-state index contributed by atoms with van der Waals surface area (Å²) in [6.07, 6.45) is 2.86. The molecule has 0 aliphatic carbocycles. The summed E-state index contributed by atoms with van der Waals surface area (Å²) in [5.41, 5.74) is 4.68. The van der Waals surface area contributed by atoms with Gasteiger partial charge >= 0.3 is 57.1 Å². The summed E-state index contributed by atoms with van der Waals surface area (Å²) >= 11 is 0. The van der Waals surface area contributed by atoms with Crippen molar-refractivity contribution in [3.8, 4) is 39.8 Å². The third-order valence-electron chi connectivity index (χ3n) is 7.58. The summed E-state index contributed by atoms with van der Waals surface area (Å²) in [5, 5.41) is 3.85. The minimum absolute atomic E-state index is 0. The van der Waals surface area contributed by atoms with Crippen LogP contribution in [0, 0.1) is 0 Å². The van der Waals surface area contributed by atoms with Gasteiger partial charge in [-0.05, 0) is 49.4 Å². The summed E-state index contributed by atoms with van der Waals surface area (Å²) in [5.74, 6) is 1.94. The number of ether oxygens (including phenoxy) is 2. The van der Waals surface area contributed by atoms with Gasteiger partial charge in [0, 0.05) is 24.0 Å². The molecule has 0 spiro atoms. The normalized spacial score (nSPS) is 13.2. The zero-order valence-electron chi connectivity index (χ0n) is 24.8. The fourth-order valence-electron chi connectivity index (χ4n) is 5.59. The van der Waals surface area contributed by atoms with Crippen molar-refractivity contribution in [1.29, 1.82) is 0 Å². The molecule has 9 nitrogen and oxygen atoms in total. The van der Waals surface area contributed by atoms with Gasteiger partial charge in [0.1, 0.15) is 11.4 Å². The molecule has 0 bridgehead atoms. The van der Waals surface area contributed by atoms with E-state index in [0.29, 0.717) is 42.4 Å². The molecule has 0 atom stereocenters. The van der Waals surface area contributed by atoms with Crippen LogP contribution in [0.1, 0.15) is 56.8 Å². The number of hydrogen-bond donors (Lipinski definition) is 1. The molecule has 0 fully saturated rings. The van der Waals surface area contributed by atoms with Gasteiger partial charge in [0.2, 0.25) is 5.75 Å². The molecule has 0 unspecified atom stereocenters. The summed E-state index contributed by atoms with van der Waals surface area (Å²) < 4.78 is 19.0. The zero-order chi connectivity index (χ0) is 30.1. The average Bonchev–Trinajstić information content (AvgIpc) is 3.58. The van der Waals surface area contributed by atoms with E-state index >= 15 is 0 Å². The quantitative estimate of drug-likeness (QED) is 0.212. The molecule has 10 heteroatoms. The van der Waals surface area contributed by atoms with Gasteiger partial charge in [0.25, 0.3) is 5.56 Å². The second kappa shape index (κ2) is 13.4. The molecular formula is C34H35KN4O5. The molecule has 44 heavy (non-hydrogen) atoms. The number of hydrogen-bond acceptors (Lipinski definition) is 7. The fourth-order valence-corrected chi connectivity index (χ4v) is 5.59. The van der Waals surface area contributed by atoms with E-state index in [2.05, 4.69) is 17.1 Å². The first-order valence-electron chi connectivity index (χ1n) is 14.6. The Labute approximate surface area is 298 Å². The first-order valence-corrected chi connectivity index (χ1v) is 14.6. The first-order chi connectivity index (χ1) is 20.8. The van der Waals surface area contributed by atoms with Gasteiger partial charge in [-0.15, -0.1) is 0 Å². The summed E-state index contributed by atoms with van der Waals surface area (Å²) in [6, 6.07) is 21.4. The van der Waals surface area contributed by atoms with E-state index in [0.717, 1.165) is 46.5 Å². The molecule has 0 amide bonds. The fraction of sp³-hybridized carbons (Fsp3) is 0.294. The Balaban J connectivity index is 0.00000384. The van der Waals surface area contributed by atoms with E-state index in [1.807, 2.05) is 87.5 Å². The predicted octanol–water partition coefficient (Wildman–Crippen LogP) is 5.67. The van der Waals surface area contributed by atoms with Crippen molar-refractivity contribution in [3.63, 3.8) is 0 Å². The van der Waals surface area contributed by atoms with Crippen LogP contribution >= 0.6 is 0 Å². The predicted molar refractivity (Wildman–Crippen MR) is 171 cm³/mol. The van der Waals surface area contributed by atoms with E-state index in [9.17, 15) is 9.59 Å². The molecule has 1 N–H and O–H groups in total. The van der Waals surface area contributed by atoms with Crippen molar-refractivity contribution >= 4 is 51.4 Å². The number of aromatic amines is 1. The zero-order valence-corrected chi connectivity index (χ0v) is 24.8. The van der Waals surface area contributed by atoms with E-state index in [4.69, 9.17) is 19.0 Å². The molecule has 0 saturated heterocycles. The maximum atomic E-state index is 14.1. The third-order valence-corrected chi connectivity index (χ3v) is 7.58. The Morgan fingerprint density at radius 2 is 1.73 bits per heavy atom. The second-order valence-electron chi connectivity index (χ2n) is 11.4. The van der Waals surface area contributed by atoms with Gasteiger partial charge in [-0.2, -0.15) is 0 Å². The Bertz CT molecular complexity index is 1910. The summed E-state index contributed by atoms with van der Waals surface area (Å²) in [4.78, 5) is 33.2. The van der Waals surface area contributed by atoms with Crippen LogP contribution in [0.3, 0.4) is 0 Å². The van der Waals surface area contributed by atoms with E-state index in [-0.39, 0.29) is 68.3 Å². The van der Waals surface area contributed by atoms with Crippen molar-refractivity contribution in [1.82, 2.24) is 19.7 Å². The number of H-pyrrole nitrogens is 1. The second-order valence-corrected chi connectivity index (χ2v) is 11.4. The molecule has 1 aliphatic heterocycles. The van der Waals surface area contributed by atoms with Crippen molar-refractivity contribution < 1.29 is 14.0 Å². The molecule has 1 aliphatic rings. The maximum absolute atomic E-state index is 14.1. The molecule has 2 aromatic heterocycles. The van der Waals surface area contributed by atoms with E-state index in [1.54, 1.807) is 4.57 Å². The first kappa shape index (κ1) is 32.1. The van der Waals surface area contributed by atoms with Gasteiger partial charge in [-0.25, -0.2) is 9.78 Å². The molecule has 3 aromatic carbocycles. The number of nitrogens with zero attached hydrogens (tertiary/aromatic N) is 3. The third kappa shape index (κ3) is 6.55. The Morgan fingerprint density at radius 1 is 0.977 bits per heavy atom. The molecular weight excluding hydrogens is 583 g/mol. The number of benzene rings is 3. The van der Waals surface area contributed by atoms with Crippen molar-refractivity contribution in [2.45, 2.75) is 65.5 Å². The topological polar surface area (TPSA) is 112 Å². The van der Waals surface area contributed by atoms with Crippen LogP contribution in [-0.2, 0) is 25.8 Å². The monoisotopic (exact) mass is 618 g/mol. The van der Waals surface area contributed by atoms with Gasteiger partial charge in [-0.3, -0.25) is 18.9 Å². The Morgan fingerprint density at radius 3 is 2.41 bits per heavy atom. The Hall–Kier alpha value is -3.28. The minimum atomic E-state index is -0.604. The van der Waals surface area contributed by atoms with Crippen LogP contribution in [0.4, 0.5) is 0 Å². The molecule has 3 heterocycles. The number of aromatic nitrogens is 4. The van der Waals surface area contributed by atoms with E-state index in [1.165, 1.54) is 0 Å². The number of fused-ring (bicyclic) bond motifs is 1. The molecule has 0 radical (unpaired) electrons. The Kier molecular flexibility index (Phi) is 9.76. The molecule has 6 rings (SSSR count). The van der Waals surface area contributed by atoms with Gasteiger partial charge in [-0.1, -0.05) is 79.7 Å². The van der Waals surface area contributed by atoms with Crippen LogP contribution < -0.4 is 20.8 Å². The molecule has 0 saturated carbocycles. The SMILES string of the molecule is CCCc1nc(CC)c(Oc2cccc3c2OC(C)(C)C3)c(=O)n1Cc1ccc(-c2ccccc2-c2noc(=O)[nH]2)cc1.[KH]. The number of nitrogens with one attached hydrogen (secondary N) is 1. The van der Waals surface area contributed by atoms with Crippen molar-refractivity contribution in [2.24, 2.45) is 0 Å². The van der Waals surface area contributed by atoms with Crippen LogP contribution in [0.15, 0.2) is 80.8 Å². The number of rotatable bonds is 9. The standard InChI is InChI=1S/C34H34N4O5.K.H/c1-5-10-28-35-26(6-2)30(41-27-14-9-11-23-19-34(3,4)42-29(23)27)32(39)38(28)20-21-15-17-22(18-16-21)24-12-7-8-13-25(24)31-36-33(40)43-37-31;;/h7-9,11-18H,5-6,10,19-20H2,1-4H3,(H,36,37,40);;. The average molecular weight is 619 g/mol. The van der Waals surface area contributed by atoms with Crippen molar-refractivity contribution in [2.75, 3.05) is 0 Å².